The number of ether oxygens (including phenoxy) is 2. The highest BCUT2D eigenvalue weighted by atomic mass is 16.5. The lowest BCUT2D eigenvalue weighted by Crippen LogP contribution is -2.55. The number of rotatable bonds is 6. The topological polar surface area (TPSA) is 133 Å². The first kappa shape index (κ1) is 24.9. The third-order valence-electron chi connectivity index (χ3n) is 7.23. The molecule has 10 heteroatoms. The highest BCUT2D eigenvalue weighted by Crippen LogP contribution is 2.36. The quantitative estimate of drug-likeness (QED) is 0.485. The smallest absolute Gasteiger partial charge is 0.340 e. The number of carbonyl (C=O) groups excluding carboxylic acids is 2. The molecule has 0 radical (unpaired) electrons. The molecule has 0 aromatic carbocycles. The molecule has 2 aliphatic heterocycles. The Morgan fingerprint density at radius 2 is 2.00 bits per heavy atom. The molecule has 0 unspecified atom stereocenters. The Balaban J connectivity index is 1.50. The Kier molecular flexibility index (Phi) is 6.02. The molecule has 0 spiro atoms. The van der Waals surface area contributed by atoms with Gasteiger partial charge in [-0.2, -0.15) is 0 Å². The van der Waals surface area contributed by atoms with E-state index in [1.54, 1.807) is 36.4 Å². The number of nitrogens with one attached hydrogen (secondary N) is 1. The SMILES string of the molecule is CC[C@@](C)(N)c1cnc(OC2CN(C(C)=O)C2)c2cnc(Nc3ccc4c(n3)C(C)(C)COC4=O)cc12. The number of anilines is 2. The van der Waals surface area contributed by atoms with Crippen molar-refractivity contribution in [2.75, 3.05) is 25.0 Å². The van der Waals surface area contributed by atoms with Crippen LogP contribution in [0, 0.1) is 0 Å². The van der Waals surface area contributed by atoms with Gasteiger partial charge in [0.25, 0.3) is 0 Å². The molecule has 3 aromatic rings. The van der Waals surface area contributed by atoms with Crippen molar-refractivity contribution in [1.82, 2.24) is 19.9 Å². The van der Waals surface area contributed by atoms with E-state index in [1.807, 2.05) is 33.8 Å². The monoisotopic (exact) mass is 504 g/mol. The Bertz CT molecular complexity index is 1400. The summed E-state index contributed by atoms with van der Waals surface area (Å²) in [5.41, 5.74) is 7.68. The second kappa shape index (κ2) is 8.95. The maximum atomic E-state index is 12.2. The number of pyridine rings is 3. The molecule has 1 amide bonds. The van der Waals surface area contributed by atoms with E-state index in [0.29, 0.717) is 48.3 Å². The average molecular weight is 505 g/mol. The normalized spacial score (nSPS) is 18.4. The lowest BCUT2D eigenvalue weighted by Gasteiger charge is -2.38. The molecule has 1 atom stereocenters. The third-order valence-corrected chi connectivity index (χ3v) is 7.23. The number of fused-ring (bicyclic) bond motifs is 2. The van der Waals surface area contributed by atoms with Crippen molar-refractivity contribution in [2.45, 2.75) is 58.1 Å². The number of nitrogens with zero attached hydrogens (tertiary/aromatic N) is 4. The molecule has 2 aliphatic rings. The van der Waals surface area contributed by atoms with Gasteiger partial charge in [0.05, 0.1) is 29.7 Å². The van der Waals surface area contributed by atoms with Gasteiger partial charge in [-0.3, -0.25) is 4.79 Å². The first-order valence-corrected chi connectivity index (χ1v) is 12.4. The molecule has 10 nitrogen and oxygen atoms in total. The van der Waals surface area contributed by atoms with E-state index in [9.17, 15) is 9.59 Å². The summed E-state index contributed by atoms with van der Waals surface area (Å²) in [5.74, 6) is 1.29. The largest absolute Gasteiger partial charge is 0.470 e. The van der Waals surface area contributed by atoms with Crippen molar-refractivity contribution >= 4 is 34.3 Å². The van der Waals surface area contributed by atoms with Crippen molar-refractivity contribution < 1.29 is 19.1 Å². The molecule has 5 heterocycles. The number of amides is 1. The minimum Gasteiger partial charge on any atom is -0.470 e. The second-order valence-electron chi connectivity index (χ2n) is 10.7. The van der Waals surface area contributed by atoms with Gasteiger partial charge < -0.3 is 25.4 Å². The van der Waals surface area contributed by atoms with E-state index in [2.05, 4.69) is 15.3 Å². The third kappa shape index (κ3) is 4.57. The summed E-state index contributed by atoms with van der Waals surface area (Å²) in [6, 6.07) is 5.39. The lowest BCUT2D eigenvalue weighted by atomic mass is 9.85. The molecular formula is C27H32N6O4. The van der Waals surface area contributed by atoms with Crippen LogP contribution in [0.15, 0.2) is 30.6 Å². The molecule has 0 saturated carbocycles. The molecule has 5 rings (SSSR count). The summed E-state index contributed by atoms with van der Waals surface area (Å²) in [7, 11) is 0. The van der Waals surface area contributed by atoms with E-state index in [0.717, 1.165) is 16.3 Å². The Labute approximate surface area is 215 Å². The van der Waals surface area contributed by atoms with Crippen LogP contribution in [0.2, 0.25) is 0 Å². The Morgan fingerprint density at radius 1 is 1.24 bits per heavy atom. The summed E-state index contributed by atoms with van der Waals surface area (Å²) in [5, 5.41) is 4.90. The maximum Gasteiger partial charge on any atom is 0.340 e. The van der Waals surface area contributed by atoms with Crippen LogP contribution < -0.4 is 15.8 Å². The fourth-order valence-corrected chi connectivity index (χ4v) is 4.58. The molecule has 3 N–H and O–H groups in total. The van der Waals surface area contributed by atoms with Crippen LogP contribution in [-0.4, -0.2) is 57.5 Å². The summed E-state index contributed by atoms with van der Waals surface area (Å²) in [6.45, 7) is 10.9. The first-order chi connectivity index (χ1) is 17.5. The molecule has 194 valence electrons. The van der Waals surface area contributed by atoms with Gasteiger partial charge in [0, 0.05) is 30.3 Å². The van der Waals surface area contributed by atoms with Crippen molar-refractivity contribution in [3.8, 4) is 5.88 Å². The first-order valence-electron chi connectivity index (χ1n) is 12.4. The molecular weight excluding hydrogens is 472 g/mol. The van der Waals surface area contributed by atoms with Crippen molar-refractivity contribution in [3.05, 3.63) is 47.4 Å². The summed E-state index contributed by atoms with van der Waals surface area (Å²) < 4.78 is 11.4. The van der Waals surface area contributed by atoms with Gasteiger partial charge in [-0.1, -0.05) is 20.8 Å². The number of aromatic nitrogens is 3. The molecule has 3 aromatic heterocycles. The number of nitrogens with two attached hydrogens (primary N) is 1. The zero-order valence-electron chi connectivity index (χ0n) is 21.8. The lowest BCUT2D eigenvalue weighted by molar-refractivity contribution is -0.137. The van der Waals surface area contributed by atoms with Crippen LogP contribution in [0.5, 0.6) is 5.88 Å². The van der Waals surface area contributed by atoms with Crippen LogP contribution in [-0.2, 0) is 20.5 Å². The molecule has 1 saturated heterocycles. The summed E-state index contributed by atoms with van der Waals surface area (Å²) in [4.78, 5) is 39.4. The highest BCUT2D eigenvalue weighted by Gasteiger charge is 2.35. The van der Waals surface area contributed by atoms with Crippen molar-refractivity contribution in [2.24, 2.45) is 5.73 Å². The van der Waals surface area contributed by atoms with Gasteiger partial charge in [-0.25, -0.2) is 19.7 Å². The number of cyclic esters (lactones) is 1. The van der Waals surface area contributed by atoms with Crippen molar-refractivity contribution in [1.29, 1.82) is 0 Å². The van der Waals surface area contributed by atoms with Crippen LogP contribution in [0.3, 0.4) is 0 Å². The molecule has 0 aliphatic carbocycles. The van der Waals surface area contributed by atoms with Gasteiger partial charge in [-0.05, 0) is 42.5 Å². The second-order valence-corrected chi connectivity index (χ2v) is 10.7. The van der Waals surface area contributed by atoms with Gasteiger partial charge in [0.1, 0.15) is 24.3 Å². The van der Waals surface area contributed by atoms with E-state index < -0.39 is 11.0 Å². The van der Waals surface area contributed by atoms with Gasteiger partial charge >= 0.3 is 5.97 Å². The Hall–Kier alpha value is -3.79. The predicted molar refractivity (Wildman–Crippen MR) is 139 cm³/mol. The van der Waals surface area contributed by atoms with Crippen LogP contribution in [0.25, 0.3) is 10.8 Å². The molecule has 0 bridgehead atoms. The fraction of sp³-hybridized carbons (Fsp3) is 0.444. The van der Waals surface area contributed by atoms with Crippen LogP contribution in [0.4, 0.5) is 11.6 Å². The average Bonchev–Trinajstić information content (AvgIpc) is 2.83. The number of carbonyl (C=O) groups is 2. The van der Waals surface area contributed by atoms with E-state index in [4.69, 9.17) is 20.2 Å². The van der Waals surface area contributed by atoms with Crippen LogP contribution >= 0.6 is 0 Å². The zero-order valence-corrected chi connectivity index (χ0v) is 21.8. The van der Waals surface area contributed by atoms with Gasteiger partial charge in [0.2, 0.25) is 11.8 Å². The van der Waals surface area contributed by atoms with Crippen LogP contribution in [0.1, 0.15) is 62.7 Å². The van der Waals surface area contributed by atoms with Gasteiger partial charge in [-0.15, -0.1) is 0 Å². The molecule has 37 heavy (non-hydrogen) atoms. The maximum absolute atomic E-state index is 12.2. The fourth-order valence-electron chi connectivity index (χ4n) is 4.58. The highest BCUT2D eigenvalue weighted by molar-refractivity contribution is 5.93. The minimum atomic E-state index is -0.612. The van der Waals surface area contributed by atoms with E-state index in [-0.39, 0.29) is 24.6 Å². The minimum absolute atomic E-state index is 0.0308. The number of likely N-dealkylation sites (tertiary alicyclic amines) is 1. The number of hydrogen-bond acceptors (Lipinski definition) is 9. The van der Waals surface area contributed by atoms with E-state index >= 15 is 0 Å². The Morgan fingerprint density at radius 3 is 2.70 bits per heavy atom. The zero-order chi connectivity index (χ0) is 26.5. The van der Waals surface area contributed by atoms with Gasteiger partial charge in [0.15, 0.2) is 0 Å². The van der Waals surface area contributed by atoms with Crippen molar-refractivity contribution in [3.63, 3.8) is 0 Å². The molecule has 1 fully saturated rings. The summed E-state index contributed by atoms with van der Waals surface area (Å²) >= 11 is 0. The standard InChI is InChI=1S/C27H32N6O4/c1-6-27(5,28)20-11-30-24(37-16-12-33(13-16)15(2)34)19-10-29-22(9-18(19)20)31-21-8-7-17-23(32-21)26(3,4)14-36-25(17)35/h7-11,16H,6,12-14,28H2,1-5H3,(H,29,31,32)/t27-/m1/s1. The van der Waals surface area contributed by atoms with E-state index in [1.165, 1.54) is 0 Å². The summed E-state index contributed by atoms with van der Waals surface area (Å²) in [6.07, 6.45) is 4.07. The number of esters is 1. The predicted octanol–water partition coefficient (Wildman–Crippen LogP) is 3.41. The number of hydrogen-bond donors (Lipinski definition) is 2.